The summed E-state index contributed by atoms with van der Waals surface area (Å²) in [5.41, 5.74) is 6.97. The normalized spacial score (nSPS) is 19.4. The van der Waals surface area contributed by atoms with E-state index in [2.05, 4.69) is 5.32 Å². The fourth-order valence-electron chi connectivity index (χ4n) is 2.64. The average Bonchev–Trinajstić information content (AvgIpc) is 2.97. The Morgan fingerprint density at radius 1 is 1.43 bits per heavy atom. The van der Waals surface area contributed by atoms with Gasteiger partial charge in [-0.25, -0.2) is 0 Å². The Morgan fingerprint density at radius 3 is 2.71 bits per heavy atom. The number of nitrogens with zero attached hydrogens (tertiary/aromatic N) is 1. The number of nitrogens with two attached hydrogens (primary N) is 1. The minimum Gasteiger partial charge on any atom is -0.357 e. The molecule has 1 aliphatic heterocycles. The number of likely N-dealkylation sites (tertiary alicyclic amines) is 1. The number of likely N-dealkylation sites (N-methyl/N-ethyl adjacent to an activating group) is 1. The monoisotopic (exact) mass is 309 g/mol. The number of benzene rings is 1. The second-order valence-corrected chi connectivity index (χ2v) is 5.68. The van der Waals surface area contributed by atoms with Crippen LogP contribution in [-0.4, -0.2) is 42.4 Å². The maximum atomic E-state index is 12.4. The summed E-state index contributed by atoms with van der Waals surface area (Å²) in [5, 5.41) is 3.25. The number of amides is 2. The number of carbonyl (C=O) groups excluding carboxylic acids is 2. The van der Waals surface area contributed by atoms with Crippen LogP contribution in [0.5, 0.6) is 0 Å². The predicted molar refractivity (Wildman–Crippen MR) is 81.9 cm³/mol. The minimum absolute atomic E-state index is 0.125. The molecule has 0 radical (unpaired) electrons. The van der Waals surface area contributed by atoms with Crippen molar-refractivity contribution in [1.29, 1.82) is 0 Å². The molecule has 21 heavy (non-hydrogen) atoms. The molecule has 2 rings (SSSR count). The highest BCUT2D eigenvalue weighted by atomic mass is 35.5. The number of halogens is 1. The molecule has 0 unspecified atom stereocenters. The lowest BCUT2D eigenvalue weighted by Gasteiger charge is -2.26. The lowest BCUT2D eigenvalue weighted by atomic mass is 10.1. The van der Waals surface area contributed by atoms with Gasteiger partial charge in [0, 0.05) is 18.6 Å². The molecule has 5 nitrogen and oxygen atoms in total. The first-order valence-corrected chi connectivity index (χ1v) is 7.43. The summed E-state index contributed by atoms with van der Waals surface area (Å²) in [4.78, 5) is 25.8. The van der Waals surface area contributed by atoms with Gasteiger partial charge in [0.15, 0.2) is 0 Å². The van der Waals surface area contributed by atoms with Crippen LogP contribution >= 0.6 is 11.6 Å². The molecule has 1 aliphatic rings. The van der Waals surface area contributed by atoms with Crippen molar-refractivity contribution in [3.05, 3.63) is 34.9 Å². The van der Waals surface area contributed by atoms with Crippen LogP contribution in [0.15, 0.2) is 24.3 Å². The number of hydrogen-bond acceptors (Lipinski definition) is 3. The number of hydrogen-bond donors (Lipinski definition) is 2. The van der Waals surface area contributed by atoms with Crippen LogP contribution in [-0.2, 0) is 16.0 Å². The van der Waals surface area contributed by atoms with E-state index >= 15 is 0 Å². The number of carbonyl (C=O) groups is 2. The number of rotatable bonds is 4. The predicted octanol–water partition coefficient (Wildman–Crippen LogP) is 0.947. The fourth-order valence-corrected chi connectivity index (χ4v) is 2.77. The van der Waals surface area contributed by atoms with Gasteiger partial charge in [-0.2, -0.15) is 0 Å². The molecule has 1 heterocycles. The summed E-state index contributed by atoms with van der Waals surface area (Å²) >= 11 is 5.83. The van der Waals surface area contributed by atoms with Gasteiger partial charge in [0.05, 0.1) is 6.04 Å². The Morgan fingerprint density at radius 2 is 2.10 bits per heavy atom. The van der Waals surface area contributed by atoms with Crippen LogP contribution in [0.3, 0.4) is 0 Å². The largest absolute Gasteiger partial charge is 0.357 e. The smallest absolute Gasteiger partial charge is 0.242 e. The second kappa shape index (κ2) is 6.91. The highest BCUT2D eigenvalue weighted by Crippen LogP contribution is 2.19. The molecule has 0 aromatic heterocycles. The molecule has 0 spiro atoms. The minimum atomic E-state index is -0.642. The maximum absolute atomic E-state index is 12.4. The van der Waals surface area contributed by atoms with Crippen molar-refractivity contribution in [3.8, 4) is 0 Å². The van der Waals surface area contributed by atoms with Gasteiger partial charge >= 0.3 is 0 Å². The first-order chi connectivity index (χ1) is 10.0. The van der Waals surface area contributed by atoms with E-state index in [9.17, 15) is 9.59 Å². The van der Waals surface area contributed by atoms with Crippen molar-refractivity contribution < 1.29 is 9.59 Å². The Kier molecular flexibility index (Phi) is 5.20. The Labute approximate surface area is 129 Å². The second-order valence-electron chi connectivity index (χ2n) is 5.24. The Bertz CT molecular complexity index is 518. The van der Waals surface area contributed by atoms with Crippen LogP contribution in [0.4, 0.5) is 0 Å². The van der Waals surface area contributed by atoms with Crippen molar-refractivity contribution in [2.24, 2.45) is 5.73 Å². The highest BCUT2D eigenvalue weighted by molar-refractivity contribution is 6.30. The molecule has 114 valence electrons. The molecule has 1 fully saturated rings. The summed E-state index contributed by atoms with van der Waals surface area (Å²) in [6, 6.07) is 6.23. The SMILES string of the molecule is CNC(=O)[C@@H]1CCCN1C(=O)[C@H](N)Cc1ccc(Cl)cc1. The van der Waals surface area contributed by atoms with E-state index in [4.69, 9.17) is 17.3 Å². The van der Waals surface area contributed by atoms with E-state index in [1.807, 2.05) is 12.1 Å². The Balaban J connectivity index is 2.01. The third-order valence-electron chi connectivity index (χ3n) is 3.77. The summed E-state index contributed by atoms with van der Waals surface area (Å²) < 4.78 is 0. The van der Waals surface area contributed by atoms with E-state index in [1.54, 1.807) is 24.1 Å². The summed E-state index contributed by atoms with van der Waals surface area (Å²) in [6.45, 7) is 0.589. The van der Waals surface area contributed by atoms with E-state index in [0.29, 0.717) is 24.4 Å². The quantitative estimate of drug-likeness (QED) is 0.869. The lowest BCUT2D eigenvalue weighted by Crippen LogP contribution is -2.51. The van der Waals surface area contributed by atoms with Crippen LogP contribution in [0.1, 0.15) is 18.4 Å². The molecule has 0 saturated carbocycles. The molecule has 3 N–H and O–H groups in total. The van der Waals surface area contributed by atoms with E-state index in [0.717, 1.165) is 12.0 Å². The van der Waals surface area contributed by atoms with E-state index in [1.165, 1.54) is 0 Å². The molecule has 2 amide bonds. The molecular formula is C15H20ClN3O2. The maximum Gasteiger partial charge on any atom is 0.242 e. The molecule has 1 aromatic rings. The topological polar surface area (TPSA) is 75.4 Å². The molecule has 0 bridgehead atoms. The first kappa shape index (κ1) is 15.8. The van der Waals surface area contributed by atoms with Crippen LogP contribution in [0, 0.1) is 0 Å². The third kappa shape index (κ3) is 3.74. The van der Waals surface area contributed by atoms with Gasteiger partial charge < -0.3 is 16.0 Å². The zero-order chi connectivity index (χ0) is 15.4. The Hall–Kier alpha value is -1.59. The molecule has 2 atom stereocenters. The van der Waals surface area contributed by atoms with E-state index in [-0.39, 0.29) is 11.8 Å². The van der Waals surface area contributed by atoms with Gasteiger partial charge in [0.25, 0.3) is 0 Å². The molecule has 1 saturated heterocycles. The fraction of sp³-hybridized carbons (Fsp3) is 0.467. The van der Waals surface area contributed by atoms with Gasteiger partial charge in [-0.1, -0.05) is 23.7 Å². The summed E-state index contributed by atoms with van der Waals surface area (Å²) in [7, 11) is 1.58. The van der Waals surface area contributed by atoms with E-state index < -0.39 is 12.1 Å². The van der Waals surface area contributed by atoms with Crippen molar-refractivity contribution in [2.75, 3.05) is 13.6 Å². The van der Waals surface area contributed by atoms with Gasteiger partial charge in [0.2, 0.25) is 11.8 Å². The van der Waals surface area contributed by atoms with Crippen molar-refractivity contribution in [1.82, 2.24) is 10.2 Å². The molecule has 0 aliphatic carbocycles. The molecular weight excluding hydrogens is 290 g/mol. The van der Waals surface area contributed by atoms with Crippen LogP contribution < -0.4 is 11.1 Å². The summed E-state index contributed by atoms with van der Waals surface area (Å²) in [6.07, 6.45) is 1.96. The van der Waals surface area contributed by atoms with Crippen molar-refractivity contribution >= 4 is 23.4 Å². The van der Waals surface area contributed by atoms with Gasteiger partial charge in [-0.15, -0.1) is 0 Å². The van der Waals surface area contributed by atoms with Crippen LogP contribution in [0.25, 0.3) is 0 Å². The highest BCUT2D eigenvalue weighted by Gasteiger charge is 2.35. The zero-order valence-corrected chi connectivity index (χ0v) is 12.8. The number of nitrogens with one attached hydrogen (secondary N) is 1. The van der Waals surface area contributed by atoms with Crippen molar-refractivity contribution in [3.63, 3.8) is 0 Å². The zero-order valence-electron chi connectivity index (χ0n) is 12.0. The third-order valence-corrected chi connectivity index (χ3v) is 4.02. The average molecular weight is 310 g/mol. The van der Waals surface area contributed by atoms with Crippen molar-refractivity contribution in [2.45, 2.75) is 31.3 Å². The molecule has 1 aromatic carbocycles. The lowest BCUT2D eigenvalue weighted by molar-refractivity contribution is -0.139. The van der Waals surface area contributed by atoms with Gasteiger partial charge in [-0.3, -0.25) is 9.59 Å². The van der Waals surface area contributed by atoms with Gasteiger partial charge in [0.1, 0.15) is 6.04 Å². The first-order valence-electron chi connectivity index (χ1n) is 7.05. The van der Waals surface area contributed by atoms with Gasteiger partial charge in [-0.05, 0) is 37.0 Å². The molecule has 6 heteroatoms. The summed E-state index contributed by atoms with van der Waals surface area (Å²) in [5.74, 6) is -0.296. The standard InChI is InChI=1S/C15H20ClN3O2/c1-18-14(20)13-3-2-8-19(13)15(21)12(17)9-10-4-6-11(16)7-5-10/h4-7,12-13H,2-3,8-9,17H2,1H3,(H,18,20)/t12-,13+/m1/s1. The van der Waals surface area contributed by atoms with Crippen LogP contribution in [0.2, 0.25) is 5.02 Å².